The SMILES string of the molecule is COc1cccc(CSc2nnc(CNC(=O)c3ccc(F)cc3)n2-c2cc(Cl)ccc2C)c1. The number of thioether (sulfide) groups is 1. The van der Waals surface area contributed by atoms with Gasteiger partial charge in [-0.1, -0.05) is 41.6 Å². The van der Waals surface area contributed by atoms with Gasteiger partial charge in [0.25, 0.3) is 5.91 Å². The highest BCUT2D eigenvalue weighted by Gasteiger charge is 2.18. The fraction of sp³-hybridized carbons (Fsp3) is 0.160. The number of halogens is 2. The van der Waals surface area contributed by atoms with Gasteiger partial charge in [-0.15, -0.1) is 10.2 Å². The van der Waals surface area contributed by atoms with Gasteiger partial charge in [-0.25, -0.2) is 4.39 Å². The Hall–Kier alpha value is -3.36. The van der Waals surface area contributed by atoms with Crippen LogP contribution in [0, 0.1) is 12.7 Å². The Labute approximate surface area is 206 Å². The summed E-state index contributed by atoms with van der Waals surface area (Å²) in [6.45, 7) is 2.11. The van der Waals surface area contributed by atoms with E-state index in [0.717, 1.165) is 22.6 Å². The van der Waals surface area contributed by atoms with Crippen LogP contribution in [-0.4, -0.2) is 27.8 Å². The van der Waals surface area contributed by atoms with Crippen LogP contribution in [0.15, 0.2) is 71.9 Å². The predicted octanol–water partition coefficient (Wildman–Crippen LogP) is 5.60. The number of carbonyl (C=O) groups excluding carboxylic acids is 1. The Kier molecular flexibility index (Phi) is 7.49. The molecule has 0 bridgehead atoms. The summed E-state index contributed by atoms with van der Waals surface area (Å²) in [6.07, 6.45) is 0. The van der Waals surface area contributed by atoms with Crippen LogP contribution in [0.3, 0.4) is 0 Å². The normalized spacial score (nSPS) is 10.8. The molecule has 6 nitrogen and oxygen atoms in total. The molecular formula is C25H22ClFN4O2S. The Morgan fingerprint density at radius 2 is 1.91 bits per heavy atom. The fourth-order valence-corrected chi connectivity index (χ4v) is 4.42. The molecule has 174 valence electrons. The number of nitrogens with zero attached hydrogens (tertiary/aromatic N) is 3. The van der Waals surface area contributed by atoms with Gasteiger partial charge in [-0.2, -0.15) is 0 Å². The van der Waals surface area contributed by atoms with E-state index in [0.29, 0.717) is 27.3 Å². The van der Waals surface area contributed by atoms with E-state index >= 15 is 0 Å². The van der Waals surface area contributed by atoms with Gasteiger partial charge in [0.15, 0.2) is 11.0 Å². The van der Waals surface area contributed by atoms with Gasteiger partial charge in [0.1, 0.15) is 11.6 Å². The van der Waals surface area contributed by atoms with E-state index in [4.69, 9.17) is 16.3 Å². The number of aromatic nitrogens is 3. The van der Waals surface area contributed by atoms with Crippen molar-refractivity contribution < 1.29 is 13.9 Å². The first-order chi connectivity index (χ1) is 16.4. The number of ether oxygens (including phenoxy) is 1. The molecule has 0 unspecified atom stereocenters. The molecule has 0 saturated heterocycles. The van der Waals surface area contributed by atoms with Crippen LogP contribution in [0.5, 0.6) is 5.75 Å². The van der Waals surface area contributed by atoms with Crippen molar-refractivity contribution in [1.82, 2.24) is 20.1 Å². The van der Waals surface area contributed by atoms with E-state index in [2.05, 4.69) is 15.5 Å². The monoisotopic (exact) mass is 496 g/mol. The largest absolute Gasteiger partial charge is 0.497 e. The van der Waals surface area contributed by atoms with Gasteiger partial charge in [0.2, 0.25) is 0 Å². The summed E-state index contributed by atoms with van der Waals surface area (Å²) < 4.78 is 20.4. The van der Waals surface area contributed by atoms with Gasteiger partial charge >= 0.3 is 0 Å². The number of amides is 1. The maximum absolute atomic E-state index is 13.2. The van der Waals surface area contributed by atoms with Crippen molar-refractivity contribution in [2.75, 3.05) is 7.11 Å². The summed E-state index contributed by atoms with van der Waals surface area (Å²) >= 11 is 7.81. The average Bonchev–Trinajstić information content (AvgIpc) is 3.25. The molecule has 34 heavy (non-hydrogen) atoms. The van der Waals surface area contributed by atoms with Crippen molar-refractivity contribution in [3.05, 3.63) is 100 Å². The van der Waals surface area contributed by atoms with Crippen molar-refractivity contribution in [2.45, 2.75) is 24.4 Å². The van der Waals surface area contributed by atoms with Crippen LogP contribution in [0.4, 0.5) is 4.39 Å². The third-order valence-corrected chi connectivity index (χ3v) is 6.36. The van der Waals surface area contributed by atoms with Crippen molar-refractivity contribution in [1.29, 1.82) is 0 Å². The zero-order valence-electron chi connectivity index (χ0n) is 18.6. The lowest BCUT2D eigenvalue weighted by Crippen LogP contribution is -2.24. The van der Waals surface area contributed by atoms with Crippen molar-refractivity contribution >= 4 is 29.3 Å². The summed E-state index contributed by atoms with van der Waals surface area (Å²) in [5.41, 5.74) is 3.25. The first-order valence-corrected chi connectivity index (χ1v) is 11.8. The maximum Gasteiger partial charge on any atom is 0.251 e. The first-order valence-electron chi connectivity index (χ1n) is 10.4. The van der Waals surface area contributed by atoms with Gasteiger partial charge < -0.3 is 10.1 Å². The molecule has 0 aliphatic rings. The average molecular weight is 497 g/mol. The maximum atomic E-state index is 13.2. The molecule has 0 atom stereocenters. The highest BCUT2D eigenvalue weighted by Crippen LogP contribution is 2.29. The lowest BCUT2D eigenvalue weighted by Gasteiger charge is -2.14. The number of hydrogen-bond donors (Lipinski definition) is 1. The van der Waals surface area contributed by atoms with Crippen LogP contribution in [0.2, 0.25) is 5.02 Å². The Bertz CT molecular complexity index is 1310. The van der Waals surface area contributed by atoms with E-state index < -0.39 is 5.82 Å². The molecule has 1 N–H and O–H groups in total. The molecule has 1 aromatic heterocycles. The van der Waals surface area contributed by atoms with Crippen LogP contribution in [0.1, 0.15) is 27.3 Å². The second-order valence-electron chi connectivity index (χ2n) is 7.49. The van der Waals surface area contributed by atoms with Gasteiger partial charge in [-0.3, -0.25) is 9.36 Å². The number of rotatable bonds is 8. The standard InChI is InChI=1S/C25H22ClFN4O2S/c1-16-6-9-19(26)13-22(16)31-23(14-28-24(32)18-7-10-20(27)11-8-18)29-30-25(31)34-15-17-4-3-5-21(12-17)33-2/h3-13H,14-15H2,1-2H3,(H,28,32). The number of benzene rings is 3. The van der Waals surface area contributed by atoms with Crippen LogP contribution < -0.4 is 10.1 Å². The van der Waals surface area contributed by atoms with E-state index in [-0.39, 0.29) is 12.5 Å². The van der Waals surface area contributed by atoms with Crippen LogP contribution in [0.25, 0.3) is 5.69 Å². The molecule has 4 aromatic rings. The lowest BCUT2D eigenvalue weighted by molar-refractivity contribution is 0.0949. The quantitative estimate of drug-likeness (QED) is 0.322. The van der Waals surface area contributed by atoms with E-state index in [1.165, 1.54) is 36.0 Å². The molecule has 1 amide bonds. The minimum atomic E-state index is -0.398. The topological polar surface area (TPSA) is 69.0 Å². The van der Waals surface area contributed by atoms with Crippen molar-refractivity contribution in [3.8, 4) is 11.4 Å². The zero-order chi connectivity index (χ0) is 24.1. The smallest absolute Gasteiger partial charge is 0.251 e. The van der Waals surface area contributed by atoms with E-state index in [1.807, 2.05) is 54.0 Å². The zero-order valence-corrected chi connectivity index (χ0v) is 20.2. The fourth-order valence-electron chi connectivity index (χ4n) is 3.35. The molecular weight excluding hydrogens is 475 g/mol. The van der Waals surface area contributed by atoms with Gasteiger partial charge in [0.05, 0.1) is 19.3 Å². The highest BCUT2D eigenvalue weighted by atomic mass is 35.5. The van der Waals surface area contributed by atoms with E-state index in [9.17, 15) is 9.18 Å². The molecule has 0 aliphatic carbocycles. The van der Waals surface area contributed by atoms with Crippen molar-refractivity contribution in [3.63, 3.8) is 0 Å². The molecule has 0 aliphatic heterocycles. The van der Waals surface area contributed by atoms with Crippen LogP contribution >= 0.6 is 23.4 Å². The number of methoxy groups -OCH3 is 1. The minimum Gasteiger partial charge on any atom is -0.497 e. The van der Waals surface area contributed by atoms with Crippen LogP contribution in [-0.2, 0) is 12.3 Å². The summed E-state index contributed by atoms with van der Waals surface area (Å²) in [5.74, 6) is 1.26. The van der Waals surface area contributed by atoms with Crippen molar-refractivity contribution in [2.24, 2.45) is 0 Å². The predicted molar refractivity (Wildman–Crippen MR) is 131 cm³/mol. The summed E-state index contributed by atoms with van der Waals surface area (Å²) in [7, 11) is 1.64. The second-order valence-corrected chi connectivity index (χ2v) is 8.87. The molecule has 0 saturated carbocycles. The summed E-state index contributed by atoms with van der Waals surface area (Å²) in [6, 6.07) is 18.8. The number of carbonyl (C=O) groups is 1. The molecule has 1 heterocycles. The number of nitrogens with one attached hydrogen (secondary N) is 1. The Balaban J connectivity index is 1.61. The lowest BCUT2D eigenvalue weighted by atomic mass is 10.2. The molecule has 0 radical (unpaired) electrons. The molecule has 0 fully saturated rings. The molecule has 3 aromatic carbocycles. The molecule has 4 rings (SSSR count). The summed E-state index contributed by atoms with van der Waals surface area (Å²) in [5, 5.41) is 12.8. The minimum absolute atomic E-state index is 0.134. The highest BCUT2D eigenvalue weighted by molar-refractivity contribution is 7.98. The number of aryl methyl sites for hydroxylation is 1. The third-order valence-electron chi connectivity index (χ3n) is 5.13. The molecule has 0 spiro atoms. The van der Waals surface area contributed by atoms with Gasteiger partial charge in [0, 0.05) is 16.3 Å². The Morgan fingerprint density at radius 3 is 2.68 bits per heavy atom. The summed E-state index contributed by atoms with van der Waals surface area (Å²) in [4.78, 5) is 12.5. The van der Waals surface area contributed by atoms with Gasteiger partial charge in [-0.05, 0) is 66.6 Å². The first kappa shape index (κ1) is 23.8. The third kappa shape index (κ3) is 5.58. The Morgan fingerprint density at radius 1 is 1.12 bits per heavy atom. The number of hydrogen-bond acceptors (Lipinski definition) is 5. The molecule has 9 heteroatoms. The second kappa shape index (κ2) is 10.7. The van der Waals surface area contributed by atoms with E-state index in [1.54, 1.807) is 7.11 Å².